The van der Waals surface area contributed by atoms with Gasteiger partial charge in [-0.15, -0.1) is 0 Å². The third-order valence-electron chi connectivity index (χ3n) is 5.62. The van der Waals surface area contributed by atoms with Crippen molar-refractivity contribution in [3.05, 3.63) is 65.2 Å². The number of amides is 1. The minimum absolute atomic E-state index is 0.00933. The maximum Gasteiger partial charge on any atom is 0.335 e. The Labute approximate surface area is 167 Å². The van der Waals surface area contributed by atoms with Gasteiger partial charge in [-0.1, -0.05) is 24.3 Å². The number of aromatic carboxylic acids is 1. The number of benzene rings is 2. The molecular weight excluding hydrogens is 368 g/mol. The molecule has 0 unspecified atom stereocenters. The number of carboxylic acids is 1. The van der Waals surface area contributed by atoms with Crippen LogP contribution in [0.3, 0.4) is 0 Å². The summed E-state index contributed by atoms with van der Waals surface area (Å²) in [6.07, 6.45) is 4.72. The van der Waals surface area contributed by atoms with Crippen molar-refractivity contribution in [2.45, 2.75) is 6.42 Å². The van der Waals surface area contributed by atoms with Crippen LogP contribution in [0.2, 0.25) is 0 Å². The lowest BCUT2D eigenvalue weighted by Gasteiger charge is -2.28. The highest BCUT2D eigenvalue weighted by atomic mass is 16.5. The summed E-state index contributed by atoms with van der Waals surface area (Å²) in [6, 6.07) is 13.0. The molecule has 146 valence electrons. The molecule has 3 heterocycles. The molecular formula is C23H20N2O4. The molecule has 3 aromatic rings. The maximum atomic E-state index is 13.3. The standard InChI is InChI=1S/C23H20N2O4/c26-22(24-9-11-29-12-10-24)18-5-1-3-15-4-2-8-25-19-14-17(23(27)28)7-6-16(19)13-20(25)21(15)18/h1-3,5-8,13-14H,4,9-12H2,(H,27,28). The van der Waals surface area contributed by atoms with E-state index in [-0.39, 0.29) is 11.5 Å². The Balaban J connectivity index is 1.71. The number of allylic oxidation sites excluding steroid dienone is 1. The summed E-state index contributed by atoms with van der Waals surface area (Å²) in [4.78, 5) is 26.6. The highest BCUT2D eigenvalue weighted by Crippen LogP contribution is 2.36. The van der Waals surface area contributed by atoms with Crippen LogP contribution in [0.5, 0.6) is 0 Å². The van der Waals surface area contributed by atoms with E-state index in [4.69, 9.17) is 4.74 Å². The lowest BCUT2D eigenvalue weighted by atomic mass is 9.95. The number of fused-ring (bicyclic) bond motifs is 5. The molecule has 1 fully saturated rings. The molecule has 0 spiro atoms. The molecule has 1 N–H and O–H groups in total. The predicted molar refractivity (Wildman–Crippen MR) is 110 cm³/mol. The van der Waals surface area contributed by atoms with Crippen molar-refractivity contribution < 1.29 is 19.4 Å². The highest BCUT2D eigenvalue weighted by Gasteiger charge is 2.25. The predicted octanol–water partition coefficient (Wildman–Crippen LogP) is 3.51. The highest BCUT2D eigenvalue weighted by molar-refractivity contribution is 6.04. The molecule has 2 aliphatic heterocycles. The Kier molecular flexibility index (Phi) is 4.21. The molecule has 6 nitrogen and oxygen atoms in total. The minimum atomic E-state index is -0.955. The molecule has 0 radical (unpaired) electrons. The molecule has 1 aromatic heterocycles. The summed E-state index contributed by atoms with van der Waals surface area (Å²) in [5, 5.41) is 10.3. The molecule has 29 heavy (non-hydrogen) atoms. The summed E-state index contributed by atoms with van der Waals surface area (Å²) in [7, 11) is 0. The fourth-order valence-corrected chi connectivity index (χ4v) is 4.18. The number of ether oxygens (including phenoxy) is 1. The van der Waals surface area contributed by atoms with Crippen LogP contribution in [0.4, 0.5) is 0 Å². The van der Waals surface area contributed by atoms with Crippen LogP contribution < -0.4 is 0 Å². The molecule has 0 aliphatic carbocycles. The molecule has 5 rings (SSSR count). The first-order valence-corrected chi connectivity index (χ1v) is 9.68. The fraction of sp³-hybridized carbons (Fsp3) is 0.217. The number of carbonyl (C=O) groups is 2. The molecule has 1 amide bonds. The van der Waals surface area contributed by atoms with Gasteiger partial charge in [-0.25, -0.2) is 4.79 Å². The molecule has 2 aromatic carbocycles. The van der Waals surface area contributed by atoms with Gasteiger partial charge in [0.15, 0.2) is 0 Å². The largest absolute Gasteiger partial charge is 0.478 e. The number of hydrogen-bond donors (Lipinski definition) is 1. The third kappa shape index (κ3) is 2.93. The Hall–Kier alpha value is -3.38. The van der Waals surface area contributed by atoms with Gasteiger partial charge in [-0.05, 0) is 36.2 Å². The third-order valence-corrected chi connectivity index (χ3v) is 5.62. The Morgan fingerprint density at radius 3 is 2.66 bits per heavy atom. The van der Waals surface area contributed by atoms with Crippen LogP contribution in [0, 0.1) is 0 Å². The van der Waals surface area contributed by atoms with Crippen molar-refractivity contribution >= 4 is 29.0 Å². The van der Waals surface area contributed by atoms with Crippen LogP contribution in [0.25, 0.3) is 28.4 Å². The quantitative estimate of drug-likeness (QED) is 0.729. The first kappa shape index (κ1) is 17.7. The monoisotopic (exact) mass is 388 g/mol. The lowest BCUT2D eigenvalue weighted by molar-refractivity contribution is 0.0303. The van der Waals surface area contributed by atoms with E-state index in [0.29, 0.717) is 38.3 Å². The van der Waals surface area contributed by atoms with Gasteiger partial charge in [0, 0.05) is 35.8 Å². The van der Waals surface area contributed by atoms with Gasteiger partial charge >= 0.3 is 5.97 Å². The van der Waals surface area contributed by atoms with Gasteiger partial charge < -0.3 is 19.3 Å². The van der Waals surface area contributed by atoms with Gasteiger partial charge in [0.1, 0.15) is 0 Å². The van der Waals surface area contributed by atoms with E-state index in [2.05, 4.69) is 0 Å². The van der Waals surface area contributed by atoms with Crippen LogP contribution >= 0.6 is 0 Å². The number of carboxylic acid groups (broad SMARTS) is 1. The average molecular weight is 388 g/mol. The van der Waals surface area contributed by atoms with Gasteiger partial charge in [0.05, 0.1) is 30.0 Å². The van der Waals surface area contributed by atoms with E-state index >= 15 is 0 Å². The number of hydrogen-bond acceptors (Lipinski definition) is 3. The van der Waals surface area contributed by atoms with E-state index in [1.807, 2.05) is 52.1 Å². The van der Waals surface area contributed by atoms with Crippen LogP contribution in [0.15, 0.2) is 48.5 Å². The van der Waals surface area contributed by atoms with E-state index < -0.39 is 5.97 Å². The number of carbonyl (C=O) groups excluding carboxylic acids is 1. The minimum Gasteiger partial charge on any atom is -0.478 e. The second-order valence-corrected chi connectivity index (χ2v) is 7.31. The number of aromatic nitrogens is 1. The van der Waals surface area contributed by atoms with Crippen molar-refractivity contribution in [1.82, 2.24) is 9.47 Å². The van der Waals surface area contributed by atoms with E-state index in [1.54, 1.807) is 12.1 Å². The summed E-state index contributed by atoms with van der Waals surface area (Å²) in [6.45, 7) is 2.29. The molecule has 0 bridgehead atoms. The van der Waals surface area contributed by atoms with Gasteiger partial charge in [-0.3, -0.25) is 4.79 Å². The number of rotatable bonds is 2. The molecule has 1 saturated heterocycles. The van der Waals surface area contributed by atoms with Gasteiger partial charge in [0.25, 0.3) is 5.91 Å². The van der Waals surface area contributed by atoms with E-state index in [0.717, 1.165) is 27.7 Å². The van der Waals surface area contributed by atoms with Crippen molar-refractivity contribution in [3.8, 4) is 11.3 Å². The van der Waals surface area contributed by atoms with Gasteiger partial charge in [-0.2, -0.15) is 0 Å². The van der Waals surface area contributed by atoms with E-state index in [1.165, 1.54) is 0 Å². The number of nitrogens with zero attached hydrogens (tertiary/aromatic N) is 2. The summed E-state index contributed by atoms with van der Waals surface area (Å²) >= 11 is 0. The SMILES string of the molecule is O=C(O)c1ccc2cc3n(c2c1)C=CCc1cccc(C(=O)N2CCOCC2)c1-3. The second kappa shape index (κ2) is 6.90. The molecule has 6 heteroatoms. The Bertz CT molecular complexity index is 1170. The average Bonchev–Trinajstić information content (AvgIpc) is 3.00. The molecule has 2 aliphatic rings. The number of morpholine rings is 1. The first-order chi connectivity index (χ1) is 14.1. The van der Waals surface area contributed by atoms with Crippen molar-refractivity contribution in [2.75, 3.05) is 26.3 Å². The molecule has 0 saturated carbocycles. The van der Waals surface area contributed by atoms with Crippen molar-refractivity contribution in [1.29, 1.82) is 0 Å². The maximum absolute atomic E-state index is 13.3. The van der Waals surface area contributed by atoms with Crippen molar-refractivity contribution in [2.24, 2.45) is 0 Å². The smallest absolute Gasteiger partial charge is 0.335 e. The summed E-state index contributed by atoms with van der Waals surface area (Å²) in [5.74, 6) is -0.946. The van der Waals surface area contributed by atoms with Crippen molar-refractivity contribution in [3.63, 3.8) is 0 Å². The first-order valence-electron chi connectivity index (χ1n) is 9.68. The summed E-state index contributed by atoms with van der Waals surface area (Å²) < 4.78 is 7.38. The zero-order valence-corrected chi connectivity index (χ0v) is 15.8. The molecule has 0 atom stereocenters. The van der Waals surface area contributed by atoms with Crippen LogP contribution in [0.1, 0.15) is 26.3 Å². The van der Waals surface area contributed by atoms with Crippen LogP contribution in [-0.2, 0) is 11.2 Å². The fourth-order valence-electron chi connectivity index (χ4n) is 4.18. The van der Waals surface area contributed by atoms with Crippen LogP contribution in [-0.4, -0.2) is 52.8 Å². The summed E-state index contributed by atoms with van der Waals surface area (Å²) in [5.41, 5.74) is 4.65. The normalized spacial score (nSPS) is 15.7. The zero-order chi connectivity index (χ0) is 20.0. The zero-order valence-electron chi connectivity index (χ0n) is 15.8. The lowest BCUT2D eigenvalue weighted by Crippen LogP contribution is -2.41. The topological polar surface area (TPSA) is 71.8 Å². The van der Waals surface area contributed by atoms with E-state index in [9.17, 15) is 14.7 Å². The van der Waals surface area contributed by atoms with Gasteiger partial charge in [0.2, 0.25) is 0 Å². The Morgan fingerprint density at radius 1 is 1.03 bits per heavy atom. The second-order valence-electron chi connectivity index (χ2n) is 7.31. The Morgan fingerprint density at radius 2 is 1.86 bits per heavy atom.